The third kappa shape index (κ3) is 2.53. The van der Waals surface area contributed by atoms with Crippen molar-refractivity contribution >= 4 is 15.9 Å². The van der Waals surface area contributed by atoms with Crippen LogP contribution in [-0.4, -0.2) is 12.1 Å². The van der Waals surface area contributed by atoms with Crippen molar-refractivity contribution in [2.24, 2.45) is 0 Å². The Bertz CT molecular complexity index is 444. The summed E-state index contributed by atoms with van der Waals surface area (Å²) in [5.41, 5.74) is 0.828. The van der Waals surface area contributed by atoms with Crippen LogP contribution in [0.1, 0.15) is 32.3 Å². The molecule has 1 aliphatic rings. The Morgan fingerprint density at radius 1 is 1.29 bits per heavy atom. The minimum atomic E-state index is -0.338. The van der Waals surface area contributed by atoms with E-state index < -0.39 is 0 Å². The zero-order valence-electron chi connectivity index (χ0n) is 10.3. The molecule has 1 aromatic carbocycles. The van der Waals surface area contributed by atoms with E-state index in [2.05, 4.69) is 53.3 Å². The maximum absolute atomic E-state index is 9.61. The molecule has 1 saturated heterocycles. The van der Waals surface area contributed by atoms with Crippen LogP contribution in [0.5, 0.6) is 0 Å². The first-order valence-corrected chi connectivity index (χ1v) is 6.69. The fraction of sp³-hybridized carbons (Fsp3) is 0.500. The zero-order chi connectivity index (χ0) is 12.5. The van der Waals surface area contributed by atoms with Crippen LogP contribution in [0.3, 0.4) is 0 Å². The van der Waals surface area contributed by atoms with Gasteiger partial charge in [0.1, 0.15) is 0 Å². The van der Waals surface area contributed by atoms with E-state index in [0.29, 0.717) is 0 Å². The Morgan fingerprint density at radius 2 is 1.94 bits per heavy atom. The second-order valence-electron chi connectivity index (χ2n) is 5.44. The predicted molar refractivity (Wildman–Crippen MR) is 72.7 cm³/mol. The number of benzene rings is 1. The molecule has 0 radical (unpaired) electrons. The van der Waals surface area contributed by atoms with Gasteiger partial charge in [-0.1, -0.05) is 28.1 Å². The lowest BCUT2D eigenvalue weighted by Crippen LogP contribution is -2.52. The van der Waals surface area contributed by atoms with Crippen molar-refractivity contribution in [3.63, 3.8) is 0 Å². The summed E-state index contributed by atoms with van der Waals surface area (Å²) in [7, 11) is 0. The zero-order valence-corrected chi connectivity index (χ0v) is 11.8. The highest BCUT2D eigenvalue weighted by molar-refractivity contribution is 9.10. The van der Waals surface area contributed by atoms with E-state index in [9.17, 15) is 5.26 Å². The molecule has 1 heterocycles. The average Bonchev–Trinajstić information content (AvgIpc) is 2.28. The standard InChI is InChI=1S/C14H17BrN2/c1-13(2)9-14(10-16,7-8-17-13)11-3-5-12(15)6-4-11/h3-6,17H,7-9H2,1-2H3. The topological polar surface area (TPSA) is 35.8 Å². The molecule has 0 bridgehead atoms. The van der Waals surface area contributed by atoms with Gasteiger partial charge in [0.2, 0.25) is 0 Å². The van der Waals surface area contributed by atoms with Gasteiger partial charge in [-0.3, -0.25) is 0 Å². The summed E-state index contributed by atoms with van der Waals surface area (Å²) >= 11 is 3.44. The van der Waals surface area contributed by atoms with Gasteiger partial charge in [0.25, 0.3) is 0 Å². The molecular weight excluding hydrogens is 276 g/mol. The lowest BCUT2D eigenvalue weighted by atomic mass is 9.68. The number of hydrogen-bond donors (Lipinski definition) is 1. The van der Waals surface area contributed by atoms with Gasteiger partial charge < -0.3 is 5.32 Å². The van der Waals surface area contributed by atoms with Crippen molar-refractivity contribution in [2.75, 3.05) is 6.54 Å². The van der Waals surface area contributed by atoms with Crippen molar-refractivity contribution in [3.05, 3.63) is 34.3 Å². The van der Waals surface area contributed by atoms with Crippen molar-refractivity contribution in [3.8, 4) is 6.07 Å². The van der Waals surface area contributed by atoms with Crippen molar-refractivity contribution in [2.45, 2.75) is 37.6 Å². The lowest BCUT2D eigenvalue weighted by Gasteiger charge is -2.42. The van der Waals surface area contributed by atoms with E-state index in [4.69, 9.17) is 0 Å². The van der Waals surface area contributed by atoms with Crippen LogP contribution in [0, 0.1) is 11.3 Å². The molecule has 1 aliphatic heterocycles. The first kappa shape index (κ1) is 12.6. The van der Waals surface area contributed by atoms with Gasteiger partial charge in [0.15, 0.2) is 0 Å². The molecule has 1 aromatic rings. The summed E-state index contributed by atoms with van der Waals surface area (Å²) in [5.74, 6) is 0. The Hall–Kier alpha value is -0.850. The van der Waals surface area contributed by atoms with E-state index >= 15 is 0 Å². The fourth-order valence-electron chi connectivity index (χ4n) is 2.69. The summed E-state index contributed by atoms with van der Waals surface area (Å²) in [5, 5.41) is 13.1. The van der Waals surface area contributed by atoms with Gasteiger partial charge in [0.05, 0.1) is 11.5 Å². The molecule has 90 valence electrons. The van der Waals surface area contributed by atoms with E-state index in [0.717, 1.165) is 29.4 Å². The Labute approximate surface area is 111 Å². The number of halogens is 1. The first-order valence-electron chi connectivity index (χ1n) is 5.90. The van der Waals surface area contributed by atoms with Crippen molar-refractivity contribution < 1.29 is 0 Å². The molecule has 17 heavy (non-hydrogen) atoms. The summed E-state index contributed by atoms with van der Waals surface area (Å²) in [6.07, 6.45) is 1.74. The minimum absolute atomic E-state index is 0.0288. The van der Waals surface area contributed by atoms with Gasteiger partial charge in [-0.05, 0) is 50.9 Å². The molecule has 0 amide bonds. The number of piperidine rings is 1. The summed E-state index contributed by atoms with van der Waals surface area (Å²) in [6, 6.07) is 10.7. The molecule has 0 spiro atoms. The number of rotatable bonds is 1. The van der Waals surface area contributed by atoms with Gasteiger partial charge in [-0.15, -0.1) is 0 Å². The van der Waals surface area contributed by atoms with Gasteiger partial charge in [0, 0.05) is 10.0 Å². The maximum Gasteiger partial charge on any atom is 0.0851 e. The normalized spacial score (nSPS) is 27.4. The van der Waals surface area contributed by atoms with Gasteiger partial charge in [-0.2, -0.15) is 5.26 Å². The number of hydrogen-bond acceptors (Lipinski definition) is 2. The third-order valence-electron chi connectivity index (χ3n) is 3.51. The molecule has 2 rings (SSSR count). The van der Waals surface area contributed by atoms with Crippen LogP contribution in [0.25, 0.3) is 0 Å². The van der Waals surface area contributed by atoms with E-state index in [1.54, 1.807) is 0 Å². The molecule has 1 N–H and O–H groups in total. The quantitative estimate of drug-likeness (QED) is 0.861. The van der Waals surface area contributed by atoms with Crippen LogP contribution in [0.2, 0.25) is 0 Å². The number of nitrogens with one attached hydrogen (secondary N) is 1. The van der Waals surface area contributed by atoms with Gasteiger partial charge in [-0.25, -0.2) is 0 Å². The Morgan fingerprint density at radius 3 is 2.47 bits per heavy atom. The van der Waals surface area contributed by atoms with Crippen molar-refractivity contribution in [1.82, 2.24) is 5.32 Å². The lowest BCUT2D eigenvalue weighted by molar-refractivity contribution is 0.233. The third-order valence-corrected chi connectivity index (χ3v) is 4.04. The van der Waals surface area contributed by atoms with Gasteiger partial charge >= 0.3 is 0 Å². The van der Waals surface area contributed by atoms with E-state index in [-0.39, 0.29) is 11.0 Å². The highest BCUT2D eigenvalue weighted by Crippen LogP contribution is 2.38. The van der Waals surface area contributed by atoms with Crippen LogP contribution in [-0.2, 0) is 5.41 Å². The monoisotopic (exact) mass is 292 g/mol. The Kier molecular flexibility index (Phi) is 3.29. The van der Waals surface area contributed by atoms with Crippen molar-refractivity contribution in [1.29, 1.82) is 5.26 Å². The molecule has 0 saturated carbocycles. The smallest absolute Gasteiger partial charge is 0.0851 e. The Balaban J connectivity index is 2.38. The summed E-state index contributed by atoms with van der Waals surface area (Å²) in [4.78, 5) is 0. The number of nitriles is 1. The summed E-state index contributed by atoms with van der Waals surface area (Å²) < 4.78 is 1.06. The second-order valence-corrected chi connectivity index (χ2v) is 6.35. The largest absolute Gasteiger partial charge is 0.312 e. The molecule has 1 unspecified atom stereocenters. The number of nitrogens with zero attached hydrogens (tertiary/aromatic N) is 1. The second kappa shape index (κ2) is 4.44. The molecule has 0 aliphatic carbocycles. The fourth-order valence-corrected chi connectivity index (χ4v) is 2.96. The maximum atomic E-state index is 9.61. The molecular formula is C14H17BrN2. The average molecular weight is 293 g/mol. The predicted octanol–water partition coefficient (Wildman–Crippen LogP) is 3.37. The minimum Gasteiger partial charge on any atom is -0.312 e. The molecule has 0 aromatic heterocycles. The van der Waals surface area contributed by atoms with Crippen LogP contribution in [0.4, 0.5) is 0 Å². The molecule has 3 heteroatoms. The van der Waals surface area contributed by atoms with Crippen LogP contribution in [0.15, 0.2) is 28.7 Å². The summed E-state index contributed by atoms with van der Waals surface area (Å²) in [6.45, 7) is 5.23. The highest BCUT2D eigenvalue weighted by Gasteiger charge is 2.41. The molecule has 1 fully saturated rings. The highest BCUT2D eigenvalue weighted by atomic mass is 79.9. The molecule has 2 nitrogen and oxygen atoms in total. The SMILES string of the molecule is CC1(C)CC(C#N)(c2ccc(Br)cc2)CCN1. The molecule has 1 atom stereocenters. The van der Waals surface area contributed by atoms with E-state index in [1.807, 2.05) is 12.1 Å². The van der Waals surface area contributed by atoms with Crippen LogP contribution >= 0.6 is 15.9 Å². The van der Waals surface area contributed by atoms with Crippen LogP contribution < -0.4 is 5.32 Å². The van der Waals surface area contributed by atoms with E-state index in [1.165, 1.54) is 0 Å². The first-order chi connectivity index (χ1) is 7.97.